The van der Waals surface area contributed by atoms with Gasteiger partial charge in [0, 0.05) is 17.8 Å². The molecule has 168 valence electrons. The molecule has 0 bridgehead atoms. The number of hydrazone groups is 1. The summed E-state index contributed by atoms with van der Waals surface area (Å²) in [5.41, 5.74) is 3.12. The molecule has 0 aliphatic heterocycles. The maximum atomic E-state index is 12.3. The van der Waals surface area contributed by atoms with Crippen molar-refractivity contribution in [3.05, 3.63) is 60.7 Å². The van der Waals surface area contributed by atoms with Crippen LogP contribution < -0.4 is 30.3 Å². The first kappa shape index (κ1) is 23.9. The van der Waals surface area contributed by atoms with Crippen molar-refractivity contribution < 1.29 is 28.6 Å². The number of nitrogens with one attached hydrogen (secondary N) is 3. The molecular formula is C22H24N4O6. The lowest BCUT2D eigenvalue weighted by molar-refractivity contribution is -0.139. The molecule has 0 saturated carbocycles. The first-order valence-electron chi connectivity index (χ1n) is 9.44. The number of para-hydroxylation sites is 1. The third-order valence-corrected chi connectivity index (χ3v) is 3.93. The highest BCUT2D eigenvalue weighted by Gasteiger charge is 2.13. The standard InChI is InChI=1S/C22H24N4O6/c1-4-12-23-21(28)22(29)26-24-13-15-6-5-7-18(31-3)20(15)32-14-19(27)25-16-8-10-17(30-2)11-9-16/h4-11,13H,1,12,14H2,2-3H3,(H,23,28)(H,25,27)(H,26,29)/b24-13-. The maximum absolute atomic E-state index is 12.3. The molecule has 0 aromatic heterocycles. The fraction of sp³-hybridized carbons (Fsp3) is 0.182. The number of benzene rings is 2. The zero-order valence-corrected chi connectivity index (χ0v) is 17.7. The van der Waals surface area contributed by atoms with Gasteiger partial charge in [-0.25, -0.2) is 5.43 Å². The van der Waals surface area contributed by atoms with E-state index in [4.69, 9.17) is 14.2 Å². The largest absolute Gasteiger partial charge is 0.497 e. The van der Waals surface area contributed by atoms with Crippen LogP contribution in [0.3, 0.4) is 0 Å². The Morgan fingerprint density at radius 2 is 1.78 bits per heavy atom. The second kappa shape index (κ2) is 12.4. The Balaban J connectivity index is 2.02. The van der Waals surface area contributed by atoms with E-state index in [1.54, 1.807) is 49.6 Å². The molecule has 3 N–H and O–H groups in total. The van der Waals surface area contributed by atoms with E-state index in [9.17, 15) is 14.4 Å². The Morgan fingerprint density at radius 1 is 1.03 bits per heavy atom. The van der Waals surface area contributed by atoms with Crippen molar-refractivity contribution in [2.45, 2.75) is 0 Å². The lowest BCUT2D eigenvalue weighted by Gasteiger charge is -2.13. The molecular weight excluding hydrogens is 416 g/mol. The topological polar surface area (TPSA) is 127 Å². The van der Waals surface area contributed by atoms with E-state index in [1.165, 1.54) is 19.4 Å². The monoisotopic (exact) mass is 440 g/mol. The predicted octanol–water partition coefficient (Wildman–Crippen LogP) is 1.47. The van der Waals surface area contributed by atoms with Crippen molar-refractivity contribution in [2.24, 2.45) is 5.10 Å². The van der Waals surface area contributed by atoms with Crippen molar-refractivity contribution in [3.8, 4) is 17.2 Å². The number of methoxy groups -OCH3 is 2. The number of carbonyl (C=O) groups excluding carboxylic acids is 3. The van der Waals surface area contributed by atoms with Crippen molar-refractivity contribution >= 4 is 29.6 Å². The van der Waals surface area contributed by atoms with Gasteiger partial charge < -0.3 is 24.8 Å². The van der Waals surface area contributed by atoms with Crippen LogP contribution in [0.1, 0.15) is 5.56 Å². The first-order chi connectivity index (χ1) is 15.5. The number of nitrogens with zero attached hydrogens (tertiary/aromatic N) is 1. The summed E-state index contributed by atoms with van der Waals surface area (Å²) in [7, 11) is 3.00. The van der Waals surface area contributed by atoms with Gasteiger partial charge in [0.1, 0.15) is 5.75 Å². The molecule has 0 atom stereocenters. The lowest BCUT2D eigenvalue weighted by atomic mass is 10.2. The van der Waals surface area contributed by atoms with Crippen LogP contribution in [0.25, 0.3) is 0 Å². The van der Waals surface area contributed by atoms with Gasteiger partial charge in [0.15, 0.2) is 18.1 Å². The van der Waals surface area contributed by atoms with Gasteiger partial charge in [-0.2, -0.15) is 5.10 Å². The van der Waals surface area contributed by atoms with Crippen LogP contribution in [0.2, 0.25) is 0 Å². The molecule has 3 amide bonds. The number of amides is 3. The number of hydrogen-bond donors (Lipinski definition) is 3. The van der Waals surface area contributed by atoms with Crippen molar-refractivity contribution in [2.75, 3.05) is 32.7 Å². The number of hydrogen-bond acceptors (Lipinski definition) is 7. The summed E-state index contributed by atoms with van der Waals surface area (Å²) in [5, 5.41) is 8.79. The molecule has 2 aromatic carbocycles. The molecule has 0 spiro atoms. The summed E-state index contributed by atoms with van der Waals surface area (Å²) >= 11 is 0. The van der Waals surface area contributed by atoms with Gasteiger partial charge in [-0.05, 0) is 36.4 Å². The number of ether oxygens (including phenoxy) is 3. The third-order valence-electron chi connectivity index (χ3n) is 3.93. The molecule has 0 fully saturated rings. The van der Waals surface area contributed by atoms with Crippen molar-refractivity contribution in [1.29, 1.82) is 0 Å². The van der Waals surface area contributed by atoms with Crippen molar-refractivity contribution in [1.82, 2.24) is 10.7 Å². The van der Waals surface area contributed by atoms with Gasteiger partial charge in [-0.1, -0.05) is 12.1 Å². The summed E-state index contributed by atoms with van der Waals surface area (Å²) in [6.07, 6.45) is 2.72. The van der Waals surface area contributed by atoms with E-state index >= 15 is 0 Å². The molecule has 32 heavy (non-hydrogen) atoms. The Kier molecular flexibility index (Phi) is 9.26. The van der Waals surface area contributed by atoms with Crippen molar-refractivity contribution in [3.63, 3.8) is 0 Å². The quantitative estimate of drug-likeness (QED) is 0.222. The van der Waals surface area contributed by atoms with E-state index in [0.717, 1.165) is 0 Å². The average Bonchev–Trinajstić information content (AvgIpc) is 2.81. The summed E-state index contributed by atoms with van der Waals surface area (Å²) in [4.78, 5) is 35.5. The minimum Gasteiger partial charge on any atom is -0.497 e. The fourth-order valence-corrected chi connectivity index (χ4v) is 2.42. The van der Waals surface area contributed by atoms with E-state index in [2.05, 4.69) is 27.7 Å². The molecule has 2 aromatic rings. The number of anilines is 1. The van der Waals surface area contributed by atoms with Crippen LogP contribution in [0.4, 0.5) is 5.69 Å². The van der Waals surface area contributed by atoms with Gasteiger partial charge in [0.2, 0.25) is 0 Å². The lowest BCUT2D eigenvalue weighted by Crippen LogP contribution is -2.37. The molecule has 2 rings (SSSR count). The maximum Gasteiger partial charge on any atom is 0.329 e. The highest BCUT2D eigenvalue weighted by Crippen LogP contribution is 2.30. The summed E-state index contributed by atoms with van der Waals surface area (Å²) < 4.78 is 16.0. The van der Waals surface area contributed by atoms with Gasteiger partial charge in [-0.15, -0.1) is 6.58 Å². The highest BCUT2D eigenvalue weighted by molar-refractivity contribution is 6.35. The molecule has 0 unspecified atom stereocenters. The normalized spacial score (nSPS) is 10.2. The highest BCUT2D eigenvalue weighted by atomic mass is 16.5. The molecule has 0 saturated heterocycles. The number of carbonyl (C=O) groups is 3. The summed E-state index contributed by atoms with van der Waals surface area (Å²) in [6, 6.07) is 11.8. The van der Waals surface area contributed by atoms with Crippen LogP contribution in [0.5, 0.6) is 17.2 Å². The fourth-order valence-electron chi connectivity index (χ4n) is 2.42. The zero-order valence-electron chi connectivity index (χ0n) is 17.7. The molecule has 10 heteroatoms. The van der Waals surface area contributed by atoms with Gasteiger partial charge >= 0.3 is 11.8 Å². The van der Waals surface area contributed by atoms with E-state index in [1.807, 2.05) is 0 Å². The van der Waals surface area contributed by atoms with Gasteiger partial charge in [0.05, 0.1) is 20.4 Å². The second-order valence-corrected chi connectivity index (χ2v) is 6.14. The summed E-state index contributed by atoms with van der Waals surface area (Å²) in [6.45, 7) is 3.30. The summed E-state index contributed by atoms with van der Waals surface area (Å²) in [5.74, 6) is -0.902. The SMILES string of the molecule is C=CCNC(=O)C(=O)N/N=C\c1cccc(OC)c1OCC(=O)Nc1ccc(OC)cc1. The predicted molar refractivity (Wildman–Crippen MR) is 119 cm³/mol. The first-order valence-corrected chi connectivity index (χ1v) is 9.44. The minimum atomic E-state index is -0.938. The van der Waals surface area contributed by atoms with Crippen LogP contribution in [-0.2, 0) is 14.4 Å². The van der Waals surface area contributed by atoms with E-state index in [-0.39, 0.29) is 18.9 Å². The van der Waals surface area contributed by atoms with E-state index in [0.29, 0.717) is 22.7 Å². The average molecular weight is 440 g/mol. The zero-order chi connectivity index (χ0) is 23.3. The smallest absolute Gasteiger partial charge is 0.329 e. The molecule has 0 aliphatic rings. The van der Waals surface area contributed by atoms with Crippen LogP contribution in [0, 0.1) is 0 Å². The second-order valence-electron chi connectivity index (χ2n) is 6.14. The molecule has 10 nitrogen and oxygen atoms in total. The van der Waals surface area contributed by atoms with Crippen LogP contribution in [0.15, 0.2) is 60.2 Å². The Labute approximate surface area is 185 Å². The molecule has 0 aliphatic carbocycles. The van der Waals surface area contributed by atoms with Gasteiger partial charge in [0.25, 0.3) is 5.91 Å². The Hall–Kier alpha value is -4.34. The van der Waals surface area contributed by atoms with E-state index < -0.39 is 17.7 Å². The van der Waals surface area contributed by atoms with Crippen LogP contribution in [-0.4, -0.2) is 51.3 Å². The Morgan fingerprint density at radius 3 is 2.44 bits per heavy atom. The number of rotatable bonds is 10. The van der Waals surface area contributed by atoms with Crippen LogP contribution >= 0.6 is 0 Å². The molecule has 0 heterocycles. The third kappa shape index (κ3) is 7.17. The minimum absolute atomic E-state index is 0.155. The Bertz CT molecular complexity index is 988. The van der Waals surface area contributed by atoms with Gasteiger partial charge in [-0.3, -0.25) is 14.4 Å². The molecule has 0 radical (unpaired) electrons.